The fraction of sp³-hybridized carbons (Fsp3) is 1.00. The van der Waals surface area contributed by atoms with Gasteiger partial charge in [0.15, 0.2) is 0 Å². The molecular weight excluding hydrogens is 438 g/mol. The normalized spacial score (nSPS) is 13.9. The van der Waals surface area contributed by atoms with Crippen molar-refractivity contribution in [3.8, 4) is 0 Å². The van der Waals surface area contributed by atoms with Crippen molar-refractivity contribution in [1.29, 1.82) is 0 Å². The van der Waals surface area contributed by atoms with Gasteiger partial charge in [-0.25, -0.2) is 0 Å². The Morgan fingerprint density at radius 3 is 1.50 bits per heavy atom. The van der Waals surface area contributed by atoms with E-state index in [1.54, 1.807) is 0 Å². The Labute approximate surface area is 209 Å². The van der Waals surface area contributed by atoms with Crippen molar-refractivity contribution >= 4 is 0 Å². The molecule has 34 heavy (non-hydrogen) atoms. The number of hydrogen-bond donors (Lipinski definition) is 4. The smallest absolute Gasteiger partial charge is 0.0511 e. The van der Waals surface area contributed by atoms with E-state index >= 15 is 0 Å². The van der Waals surface area contributed by atoms with Gasteiger partial charge in [-0.05, 0) is 44.6 Å². The van der Waals surface area contributed by atoms with Gasteiger partial charge in [0.05, 0.1) is 5.54 Å². The van der Waals surface area contributed by atoms with E-state index in [0.29, 0.717) is 25.9 Å². The van der Waals surface area contributed by atoms with Crippen molar-refractivity contribution in [3.63, 3.8) is 0 Å². The summed E-state index contributed by atoms with van der Waals surface area (Å²) in [4.78, 5) is 0. The first-order valence-electron chi connectivity index (χ1n) is 14.0. The van der Waals surface area contributed by atoms with Crippen LogP contribution in [-0.2, 0) is 0 Å². The largest absolute Gasteiger partial charge is 0.396 e. The second-order valence-electron chi connectivity index (χ2n) is 9.78. The fourth-order valence-corrected chi connectivity index (χ4v) is 5.34. The molecule has 2 unspecified atom stereocenters. The lowest BCUT2D eigenvalue weighted by molar-refractivity contribution is -0.202. The molecule has 0 aromatic heterocycles. The van der Waals surface area contributed by atoms with Gasteiger partial charge in [0.25, 0.3) is 0 Å². The van der Waals surface area contributed by atoms with Crippen LogP contribution in [0.15, 0.2) is 0 Å². The Morgan fingerprint density at radius 2 is 1.12 bits per heavy atom. The Hall–Kier alpha value is -0.340. The summed E-state index contributed by atoms with van der Waals surface area (Å²) >= 11 is 0. The molecule has 0 aromatic rings. The van der Waals surface area contributed by atoms with E-state index in [1.807, 2.05) is 6.92 Å². The summed E-state index contributed by atoms with van der Waals surface area (Å²) in [5.41, 5.74) is 5.28. The van der Waals surface area contributed by atoms with Crippen LogP contribution in [0, 0.1) is 5.92 Å². The number of hydroxylamine groups is 2. The maximum atomic E-state index is 10.7. The number of rotatable bonds is 25. The summed E-state index contributed by atoms with van der Waals surface area (Å²) in [5, 5.41) is 31.6. The number of hydrogen-bond acceptors (Lipinski definition) is 5. The second kappa shape index (κ2) is 27.3. The van der Waals surface area contributed by atoms with Crippen LogP contribution in [-0.4, -0.2) is 52.3 Å². The Bertz CT molecular complexity index is 395. The highest BCUT2D eigenvalue weighted by molar-refractivity contribution is 4.93. The highest BCUT2D eigenvalue weighted by atomic mass is 19.0. The molecule has 2 atom stereocenters. The van der Waals surface area contributed by atoms with Crippen molar-refractivity contribution in [2.45, 2.75) is 141 Å². The fourth-order valence-electron chi connectivity index (χ4n) is 5.34. The molecule has 0 aliphatic heterocycles. The molecule has 0 saturated carbocycles. The van der Waals surface area contributed by atoms with Crippen molar-refractivity contribution in [2.24, 2.45) is 11.7 Å². The third-order valence-corrected chi connectivity index (χ3v) is 7.32. The van der Waals surface area contributed by atoms with Crippen LogP contribution in [0.4, 0.5) is 9.41 Å². The molecule has 5 nitrogen and oxygen atoms in total. The average Bonchev–Trinajstić information content (AvgIpc) is 2.80. The summed E-state index contributed by atoms with van der Waals surface area (Å²) in [6, 6.07) is 0. The molecule has 5 N–H and O–H groups in total. The van der Waals surface area contributed by atoms with E-state index in [0.717, 1.165) is 25.7 Å². The van der Waals surface area contributed by atoms with E-state index in [2.05, 4.69) is 6.92 Å². The number of halogens is 2. The minimum Gasteiger partial charge on any atom is -0.396 e. The number of nitrogens with zero attached hydrogens (tertiary/aromatic N) is 1. The zero-order chi connectivity index (χ0) is 23.9. The Balaban J connectivity index is -0.00000480. The van der Waals surface area contributed by atoms with Crippen molar-refractivity contribution in [1.82, 2.24) is 5.06 Å². The maximum absolute atomic E-state index is 10.7. The second-order valence-corrected chi connectivity index (χ2v) is 9.78. The van der Waals surface area contributed by atoms with E-state index < -0.39 is 5.54 Å². The molecule has 0 rings (SSSR count). The van der Waals surface area contributed by atoms with Crippen LogP contribution in [0.2, 0.25) is 0 Å². The molecular formula is C27H60F2N2O3. The van der Waals surface area contributed by atoms with E-state index in [4.69, 9.17) is 5.73 Å². The quantitative estimate of drug-likeness (QED) is 0.0827. The van der Waals surface area contributed by atoms with Crippen LogP contribution >= 0.6 is 0 Å². The standard InChI is InChI=1S/C27H58N2O3.2FH/c1-3-5-6-7-8-9-10-11-12-13-14-15-16-17-19-26(20-24-30)27(22-25-31,21-18-23-28)29(32)4-2;;/h26,30-32H,3-25,28H2,1-2H3;2*1H. The number of aliphatic hydroxyl groups is 2. The SMILES string of the molecule is CCCCCCCCCCCCCCCCC(CCO)C(CCO)(CCCN)N(O)CC.F.F. The van der Waals surface area contributed by atoms with E-state index in [1.165, 1.54) is 88.5 Å². The highest BCUT2D eigenvalue weighted by Gasteiger charge is 2.41. The monoisotopic (exact) mass is 498 g/mol. The Morgan fingerprint density at radius 1 is 0.647 bits per heavy atom. The van der Waals surface area contributed by atoms with Crippen molar-refractivity contribution < 1.29 is 24.8 Å². The van der Waals surface area contributed by atoms with Gasteiger partial charge in [-0.3, -0.25) is 9.41 Å². The summed E-state index contributed by atoms with van der Waals surface area (Å²) in [6.07, 6.45) is 22.6. The topological polar surface area (TPSA) is 90.0 Å². The van der Waals surface area contributed by atoms with Crippen molar-refractivity contribution in [3.05, 3.63) is 0 Å². The van der Waals surface area contributed by atoms with Gasteiger partial charge in [0.1, 0.15) is 0 Å². The molecule has 0 saturated heterocycles. The molecule has 0 bridgehead atoms. The molecule has 0 spiro atoms. The van der Waals surface area contributed by atoms with Gasteiger partial charge in [-0.1, -0.05) is 104 Å². The summed E-state index contributed by atoms with van der Waals surface area (Å²) in [7, 11) is 0. The van der Waals surface area contributed by atoms with Gasteiger partial charge in [0, 0.05) is 19.8 Å². The number of aliphatic hydroxyl groups excluding tert-OH is 2. The average molecular weight is 499 g/mol. The number of nitrogens with two attached hydrogens (primary N) is 1. The first-order chi connectivity index (χ1) is 15.6. The predicted octanol–water partition coefficient (Wildman–Crippen LogP) is 6.73. The molecule has 0 heterocycles. The Kier molecular flexibility index (Phi) is 30.6. The third kappa shape index (κ3) is 17.1. The lowest BCUT2D eigenvalue weighted by atomic mass is 9.73. The van der Waals surface area contributed by atoms with Crippen LogP contribution in [0.5, 0.6) is 0 Å². The first-order valence-corrected chi connectivity index (χ1v) is 14.0. The summed E-state index contributed by atoms with van der Waals surface area (Å²) in [5.74, 6) is 0.175. The minimum atomic E-state index is -0.484. The van der Waals surface area contributed by atoms with E-state index in [-0.39, 0.29) is 28.5 Å². The van der Waals surface area contributed by atoms with Gasteiger partial charge in [0.2, 0.25) is 0 Å². The first kappa shape index (κ1) is 38.2. The van der Waals surface area contributed by atoms with Crippen LogP contribution in [0.3, 0.4) is 0 Å². The van der Waals surface area contributed by atoms with Gasteiger partial charge < -0.3 is 21.2 Å². The molecule has 0 amide bonds. The predicted molar refractivity (Wildman–Crippen MR) is 142 cm³/mol. The molecule has 7 heteroatoms. The highest BCUT2D eigenvalue weighted by Crippen LogP contribution is 2.38. The van der Waals surface area contributed by atoms with Crippen LogP contribution in [0.1, 0.15) is 136 Å². The summed E-state index contributed by atoms with van der Waals surface area (Å²) < 4.78 is 0. The molecule has 0 radical (unpaired) electrons. The van der Waals surface area contributed by atoms with Crippen LogP contribution in [0.25, 0.3) is 0 Å². The minimum absolute atomic E-state index is 0. The molecule has 0 fully saturated rings. The zero-order valence-corrected chi connectivity index (χ0v) is 22.5. The lowest BCUT2D eigenvalue weighted by Gasteiger charge is -2.46. The lowest BCUT2D eigenvalue weighted by Crippen LogP contribution is -2.53. The zero-order valence-electron chi connectivity index (χ0n) is 22.5. The maximum Gasteiger partial charge on any atom is 0.0511 e. The van der Waals surface area contributed by atoms with Gasteiger partial charge >= 0.3 is 0 Å². The van der Waals surface area contributed by atoms with E-state index in [9.17, 15) is 15.4 Å². The molecule has 0 aromatic carbocycles. The van der Waals surface area contributed by atoms with Crippen molar-refractivity contribution in [2.75, 3.05) is 26.3 Å². The summed E-state index contributed by atoms with van der Waals surface area (Å²) in [6.45, 7) is 5.48. The molecule has 210 valence electrons. The number of unbranched alkanes of at least 4 members (excludes halogenated alkanes) is 13. The third-order valence-electron chi connectivity index (χ3n) is 7.32. The van der Waals surface area contributed by atoms with Gasteiger partial charge in [-0.15, -0.1) is 0 Å². The molecule has 0 aliphatic carbocycles. The van der Waals surface area contributed by atoms with Gasteiger partial charge in [-0.2, -0.15) is 5.06 Å². The van der Waals surface area contributed by atoms with Crippen LogP contribution < -0.4 is 5.73 Å². The molecule has 0 aliphatic rings.